The van der Waals surface area contributed by atoms with Crippen molar-refractivity contribution in [3.8, 4) is 0 Å². The highest BCUT2D eigenvalue weighted by Crippen LogP contribution is 2.32. The van der Waals surface area contributed by atoms with Gasteiger partial charge in [-0.3, -0.25) is 0 Å². The van der Waals surface area contributed by atoms with Gasteiger partial charge in [0.1, 0.15) is 12.1 Å². The molecule has 0 aromatic carbocycles. The molecule has 2 aliphatic heterocycles. The Bertz CT molecular complexity index is 439. The van der Waals surface area contributed by atoms with Crippen LogP contribution in [-0.2, 0) is 5.88 Å². The summed E-state index contributed by atoms with van der Waals surface area (Å²) in [6.07, 6.45) is 7.36. The smallest absolute Gasteiger partial charge is 0.136 e. The van der Waals surface area contributed by atoms with Crippen LogP contribution in [0.3, 0.4) is 0 Å². The minimum atomic E-state index is 0.487. The average Bonchev–Trinajstić information content (AvgIpc) is 2.47. The van der Waals surface area contributed by atoms with Crippen molar-refractivity contribution >= 4 is 17.4 Å². The molecule has 0 bridgehead atoms. The van der Waals surface area contributed by atoms with Gasteiger partial charge in [-0.2, -0.15) is 0 Å². The molecule has 0 amide bonds. The van der Waals surface area contributed by atoms with Crippen LogP contribution in [0.5, 0.6) is 0 Å². The van der Waals surface area contributed by atoms with E-state index in [2.05, 4.69) is 26.8 Å². The number of aromatic nitrogens is 2. The van der Waals surface area contributed by atoms with Crippen LogP contribution >= 0.6 is 11.6 Å². The molecule has 3 rings (SSSR count). The summed E-state index contributed by atoms with van der Waals surface area (Å²) in [7, 11) is 2.27. The molecule has 3 heterocycles. The van der Waals surface area contributed by atoms with E-state index in [1.54, 1.807) is 6.33 Å². The van der Waals surface area contributed by atoms with E-state index in [0.717, 1.165) is 36.4 Å². The van der Waals surface area contributed by atoms with Gasteiger partial charge in [0.15, 0.2) is 0 Å². The number of likely N-dealkylation sites (tertiary alicyclic amines) is 1. The molecular formula is C14H21ClN4. The van der Waals surface area contributed by atoms with Crippen LogP contribution in [0.4, 0.5) is 5.82 Å². The molecule has 2 unspecified atom stereocenters. The Morgan fingerprint density at radius 3 is 3.11 bits per heavy atom. The van der Waals surface area contributed by atoms with Gasteiger partial charge in [-0.15, -0.1) is 11.6 Å². The van der Waals surface area contributed by atoms with Gasteiger partial charge in [0.2, 0.25) is 0 Å². The maximum absolute atomic E-state index is 6.00. The maximum atomic E-state index is 6.00. The van der Waals surface area contributed by atoms with Crippen LogP contribution in [-0.4, -0.2) is 47.6 Å². The standard InChI is InChI=1S/C14H21ClN4/c1-18-5-2-3-11-9-19(6-4-13(11)18)14-12(7-15)8-16-10-17-14/h8,10-11,13H,2-7,9H2,1H3. The lowest BCUT2D eigenvalue weighted by Gasteiger charge is -2.46. The summed E-state index contributed by atoms with van der Waals surface area (Å²) in [5, 5.41) is 0. The molecule has 0 spiro atoms. The fourth-order valence-electron chi connectivity index (χ4n) is 3.58. The van der Waals surface area contributed by atoms with Crippen molar-refractivity contribution in [3.63, 3.8) is 0 Å². The molecule has 0 radical (unpaired) electrons. The topological polar surface area (TPSA) is 32.3 Å². The van der Waals surface area contributed by atoms with Crippen LogP contribution < -0.4 is 4.90 Å². The number of hydrogen-bond donors (Lipinski definition) is 0. The minimum absolute atomic E-state index is 0.487. The molecule has 0 aliphatic carbocycles. The zero-order chi connectivity index (χ0) is 13.2. The second kappa shape index (κ2) is 5.63. The third kappa shape index (κ3) is 2.56. The molecule has 1 aromatic heterocycles. The molecule has 2 fully saturated rings. The molecule has 0 N–H and O–H groups in total. The Morgan fingerprint density at radius 2 is 2.26 bits per heavy atom. The van der Waals surface area contributed by atoms with Gasteiger partial charge in [-0.05, 0) is 38.8 Å². The lowest BCUT2D eigenvalue weighted by molar-refractivity contribution is 0.102. The molecular weight excluding hydrogens is 260 g/mol. The largest absolute Gasteiger partial charge is 0.356 e. The molecule has 0 saturated carbocycles. The first-order valence-electron chi connectivity index (χ1n) is 7.09. The maximum Gasteiger partial charge on any atom is 0.136 e. The average molecular weight is 281 g/mol. The van der Waals surface area contributed by atoms with Gasteiger partial charge in [0.25, 0.3) is 0 Å². The van der Waals surface area contributed by atoms with Crippen molar-refractivity contribution in [2.75, 3.05) is 31.6 Å². The van der Waals surface area contributed by atoms with Crippen LogP contribution in [0.25, 0.3) is 0 Å². The van der Waals surface area contributed by atoms with Crippen LogP contribution in [0.1, 0.15) is 24.8 Å². The van der Waals surface area contributed by atoms with Crippen LogP contribution in [0, 0.1) is 5.92 Å². The number of nitrogens with zero attached hydrogens (tertiary/aromatic N) is 4. The van der Waals surface area contributed by atoms with E-state index in [-0.39, 0.29) is 0 Å². The first kappa shape index (κ1) is 13.1. The third-order valence-electron chi connectivity index (χ3n) is 4.55. The van der Waals surface area contributed by atoms with Crippen LogP contribution in [0.15, 0.2) is 12.5 Å². The molecule has 2 saturated heterocycles. The van der Waals surface area contributed by atoms with Crippen molar-refractivity contribution in [1.29, 1.82) is 0 Å². The van der Waals surface area contributed by atoms with E-state index in [0.29, 0.717) is 5.88 Å². The molecule has 2 aliphatic rings. The van der Waals surface area contributed by atoms with Crippen molar-refractivity contribution in [2.24, 2.45) is 5.92 Å². The van der Waals surface area contributed by atoms with E-state index in [9.17, 15) is 0 Å². The molecule has 19 heavy (non-hydrogen) atoms. The van der Waals surface area contributed by atoms with E-state index in [1.165, 1.54) is 25.8 Å². The summed E-state index contributed by atoms with van der Waals surface area (Å²) >= 11 is 6.00. The lowest BCUT2D eigenvalue weighted by atomic mass is 9.84. The van der Waals surface area contributed by atoms with Crippen molar-refractivity contribution < 1.29 is 0 Å². The van der Waals surface area contributed by atoms with Crippen molar-refractivity contribution in [2.45, 2.75) is 31.2 Å². The highest BCUT2D eigenvalue weighted by molar-refractivity contribution is 6.17. The highest BCUT2D eigenvalue weighted by atomic mass is 35.5. The third-order valence-corrected chi connectivity index (χ3v) is 4.84. The normalized spacial score (nSPS) is 28.2. The summed E-state index contributed by atoms with van der Waals surface area (Å²) < 4.78 is 0. The fraction of sp³-hybridized carbons (Fsp3) is 0.714. The van der Waals surface area contributed by atoms with Gasteiger partial charge in [-0.1, -0.05) is 0 Å². The molecule has 4 nitrogen and oxygen atoms in total. The summed E-state index contributed by atoms with van der Waals surface area (Å²) in [4.78, 5) is 13.5. The zero-order valence-electron chi connectivity index (χ0n) is 11.4. The number of hydrogen-bond acceptors (Lipinski definition) is 4. The Hall–Kier alpha value is -0.870. The van der Waals surface area contributed by atoms with Crippen LogP contribution in [0.2, 0.25) is 0 Å². The molecule has 104 valence electrons. The number of fused-ring (bicyclic) bond motifs is 1. The van der Waals surface area contributed by atoms with Crippen molar-refractivity contribution in [3.05, 3.63) is 18.1 Å². The number of anilines is 1. The zero-order valence-corrected chi connectivity index (χ0v) is 12.2. The Morgan fingerprint density at radius 1 is 1.37 bits per heavy atom. The number of piperidine rings is 2. The SMILES string of the molecule is CN1CCCC2CN(c3ncncc3CCl)CCC21. The van der Waals surface area contributed by atoms with E-state index in [4.69, 9.17) is 11.6 Å². The Labute approximate surface area is 119 Å². The van der Waals surface area contributed by atoms with E-state index >= 15 is 0 Å². The van der Waals surface area contributed by atoms with E-state index < -0.39 is 0 Å². The number of alkyl halides is 1. The number of rotatable bonds is 2. The summed E-state index contributed by atoms with van der Waals surface area (Å²) in [6.45, 7) is 3.43. The molecule has 1 aromatic rings. The minimum Gasteiger partial charge on any atom is -0.356 e. The Kier molecular flexibility index (Phi) is 3.89. The first-order valence-corrected chi connectivity index (χ1v) is 7.63. The quantitative estimate of drug-likeness (QED) is 0.777. The van der Waals surface area contributed by atoms with Gasteiger partial charge in [0, 0.05) is 30.9 Å². The fourth-order valence-corrected chi connectivity index (χ4v) is 3.76. The first-order chi connectivity index (χ1) is 9.29. The monoisotopic (exact) mass is 280 g/mol. The van der Waals surface area contributed by atoms with Gasteiger partial charge in [0.05, 0.1) is 5.88 Å². The highest BCUT2D eigenvalue weighted by Gasteiger charge is 2.34. The van der Waals surface area contributed by atoms with Gasteiger partial charge < -0.3 is 9.80 Å². The summed E-state index contributed by atoms with van der Waals surface area (Å²) in [5.74, 6) is 2.29. The predicted molar refractivity (Wildman–Crippen MR) is 77.6 cm³/mol. The van der Waals surface area contributed by atoms with Crippen molar-refractivity contribution in [1.82, 2.24) is 14.9 Å². The second-order valence-electron chi connectivity index (χ2n) is 5.69. The lowest BCUT2D eigenvalue weighted by Crippen LogP contribution is -2.53. The summed E-state index contributed by atoms with van der Waals surface area (Å²) in [5.41, 5.74) is 1.05. The number of halogens is 1. The Balaban J connectivity index is 1.77. The molecule has 2 atom stereocenters. The predicted octanol–water partition coefficient (Wildman–Crippen LogP) is 2.14. The van der Waals surface area contributed by atoms with Gasteiger partial charge in [-0.25, -0.2) is 9.97 Å². The van der Waals surface area contributed by atoms with Gasteiger partial charge >= 0.3 is 0 Å². The summed E-state index contributed by atoms with van der Waals surface area (Å²) in [6, 6.07) is 0.756. The second-order valence-corrected chi connectivity index (χ2v) is 5.96. The van der Waals surface area contributed by atoms with E-state index in [1.807, 2.05) is 6.20 Å². The molecule has 5 heteroatoms.